The molecule has 2 nitrogen and oxygen atoms in total. The first-order valence-corrected chi connectivity index (χ1v) is 24.7. The average Bonchev–Trinajstić information content (AvgIpc) is 3.87. The summed E-state index contributed by atoms with van der Waals surface area (Å²) in [6.07, 6.45) is 8.93. The van der Waals surface area contributed by atoms with Crippen LogP contribution in [0.3, 0.4) is 0 Å². The zero-order valence-electron chi connectivity index (χ0n) is 39.3. The van der Waals surface area contributed by atoms with Crippen molar-refractivity contribution in [2.24, 2.45) is 9.98 Å². The molecule has 0 bridgehead atoms. The molecule has 0 aromatic heterocycles. The third kappa shape index (κ3) is 5.72. The molecule has 330 valence electrons. The summed E-state index contributed by atoms with van der Waals surface area (Å²) < 4.78 is 0. The Bertz CT molecular complexity index is 3660. The molecule has 2 spiro atoms. The molecule has 2 heteroatoms. The summed E-state index contributed by atoms with van der Waals surface area (Å²) in [6.45, 7) is 9.26. The van der Waals surface area contributed by atoms with Gasteiger partial charge in [0.1, 0.15) is 0 Å². The number of hydrogen-bond acceptors (Lipinski definition) is 1. The van der Waals surface area contributed by atoms with E-state index in [2.05, 4.69) is 227 Å². The molecule has 69 heavy (non-hydrogen) atoms. The second kappa shape index (κ2) is 16.1. The van der Waals surface area contributed by atoms with Crippen LogP contribution < -0.4 is 0 Å². The average molecular weight is 885 g/mol. The largest absolute Gasteiger partial charge is 0.261 e. The summed E-state index contributed by atoms with van der Waals surface area (Å²) in [4.78, 5) is 10.0. The van der Waals surface area contributed by atoms with Crippen molar-refractivity contribution in [1.29, 1.82) is 0 Å². The fraction of sp³-hybridized carbons (Fsp3) is 0.134. The van der Waals surface area contributed by atoms with Crippen LogP contribution in [-0.2, 0) is 23.8 Å². The maximum absolute atomic E-state index is 5.29. The molecule has 0 fully saturated rings. The Labute approximate surface area is 405 Å². The van der Waals surface area contributed by atoms with Crippen molar-refractivity contribution in [3.8, 4) is 44.5 Å². The molecular formula is C67H52N2. The van der Waals surface area contributed by atoms with E-state index in [1.807, 2.05) is 0 Å². The summed E-state index contributed by atoms with van der Waals surface area (Å²) in [5.74, 6) is 0.647. The molecule has 4 aliphatic rings. The van der Waals surface area contributed by atoms with Gasteiger partial charge in [-0.05, 0) is 149 Å². The summed E-state index contributed by atoms with van der Waals surface area (Å²) in [7, 11) is 0. The second-order valence-corrected chi connectivity index (χ2v) is 19.3. The maximum Gasteiger partial charge on any atom is 0.154 e. The van der Waals surface area contributed by atoms with E-state index in [4.69, 9.17) is 9.98 Å². The summed E-state index contributed by atoms with van der Waals surface area (Å²) >= 11 is 0. The molecule has 0 N–H and O–H groups in total. The second-order valence-electron chi connectivity index (χ2n) is 19.3. The molecular weight excluding hydrogens is 833 g/mol. The van der Waals surface area contributed by atoms with E-state index in [0.717, 1.165) is 36.8 Å². The molecule has 1 atom stereocenters. The molecule has 1 unspecified atom stereocenters. The third-order valence-corrected chi connectivity index (χ3v) is 15.9. The van der Waals surface area contributed by atoms with Gasteiger partial charge in [0.15, 0.2) is 5.84 Å². The van der Waals surface area contributed by atoms with E-state index in [1.165, 1.54) is 111 Å². The van der Waals surface area contributed by atoms with Gasteiger partial charge in [-0.15, -0.1) is 0 Å². The predicted molar refractivity (Wildman–Crippen MR) is 289 cm³/mol. The van der Waals surface area contributed by atoms with Crippen LogP contribution in [0.4, 0.5) is 0 Å². The number of aryl methyl sites for hydroxylation is 2. The van der Waals surface area contributed by atoms with Gasteiger partial charge in [0, 0.05) is 5.56 Å². The van der Waals surface area contributed by atoms with Crippen molar-refractivity contribution >= 4 is 23.3 Å². The molecule has 0 radical (unpaired) electrons. The van der Waals surface area contributed by atoms with Crippen molar-refractivity contribution in [1.82, 2.24) is 0 Å². The van der Waals surface area contributed by atoms with Gasteiger partial charge < -0.3 is 0 Å². The summed E-state index contributed by atoms with van der Waals surface area (Å²) in [5, 5.41) is 2.42. The zero-order valence-corrected chi connectivity index (χ0v) is 39.3. The molecule has 0 amide bonds. The number of hydrogen-bond donors (Lipinski definition) is 0. The first-order valence-electron chi connectivity index (χ1n) is 24.7. The first kappa shape index (κ1) is 41.3. The number of benzene rings is 9. The van der Waals surface area contributed by atoms with Gasteiger partial charge in [-0.2, -0.15) is 0 Å². The van der Waals surface area contributed by atoms with Crippen LogP contribution in [0.1, 0.15) is 81.8 Å². The molecule has 4 aliphatic carbocycles. The number of allylic oxidation sites excluding steroid dienone is 4. The van der Waals surface area contributed by atoms with Gasteiger partial charge in [-0.25, -0.2) is 4.99 Å². The van der Waals surface area contributed by atoms with E-state index in [-0.39, 0.29) is 0 Å². The Morgan fingerprint density at radius 3 is 1.86 bits per heavy atom. The van der Waals surface area contributed by atoms with E-state index < -0.39 is 10.8 Å². The lowest BCUT2D eigenvalue weighted by atomic mass is 9.51. The van der Waals surface area contributed by atoms with Crippen LogP contribution in [0.2, 0.25) is 0 Å². The fourth-order valence-corrected chi connectivity index (χ4v) is 13.4. The Morgan fingerprint density at radius 1 is 0.507 bits per heavy atom. The highest BCUT2D eigenvalue weighted by Gasteiger charge is 2.60. The zero-order chi connectivity index (χ0) is 46.3. The van der Waals surface area contributed by atoms with E-state index in [1.54, 1.807) is 0 Å². The van der Waals surface area contributed by atoms with Crippen LogP contribution in [0.25, 0.3) is 55.3 Å². The molecule has 0 saturated carbocycles. The van der Waals surface area contributed by atoms with Crippen molar-refractivity contribution in [2.45, 2.75) is 56.9 Å². The van der Waals surface area contributed by atoms with E-state index in [9.17, 15) is 0 Å². The third-order valence-electron chi connectivity index (χ3n) is 15.9. The molecule has 0 heterocycles. The quantitative estimate of drug-likeness (QED) is 0.113. The lowest BCUT2D eigenvalue weighted by Gasteiger charge is -2.50. The molecule has 9 aromatic carbocycles. The highest BCUT2D eigenvalue weighted by Crippen LogP contribution is 2.70. The Morgan fingerprint density at radius 2 is 1.10 bits per heavy atom. The van der Waals surface area contributed by atoms with Crippen LogP contribution in [0.15, 0.2) is 227 Å². The van der Waals surface area contributed by atoms with Crippen LogP contribution in [0, 0.1) is 6.92 Å². The van der Waals surface area contributed by atoms with Gasteiger partial charge in [-0.1, -0.05) is 220 Å². The van der Waals surface area contributed by atoms with Gasteiger partial charge >= 0.3 is 0 Å². The minimum atomic E-state index is -0.575. The van der Waals surface area contributed by atoms with Gasteiger partial charge in [-0.3, -0.25) is 4.99 Å². The maximum atomic E-state index is 5.29. The van der Waals surface area contributed by atoms with Crippen molar-refractivity contribution in [2.75, 3.05) is 0 Å². The standard InChI is InChI=1S/C67H52N2/c1-4-21-45-40-41-61-64(62(45)47-26-7-5-22-43(47)2)63-52(49-28-9-10-31-53(49)65(68-3)69-42-46-25-19-24-44-23-6-8-27-48(44)46)32-20-39-60(63)67(61)58-37-17-15-35-56(58)66(57-36-16-18-38-59(57)67)54-33-13-11-29-50(54)51-30-12-14-34-55(51)66/h5-17,19-20,22-37,39-41H,3-4,18,21,38,42H2,1-2H3. The topological polar surface area (TPSA) is 24.7 Å². The lowest BCUT2D eigenvalue weighted by molar-refractivity contribution is 0.590. The van der Waals surface area contributed by atoms with Crippen molar-refractivity contribution in [3.63, 3.8) is 0 Å². The number of aliphatic imine (C=N–C) groups is 2. The fourth-order valence-electron chi connectivity index (χ4n) is 13.4. The molecule has 9 aromatic rings. The van der Waals surface area contributed by atoms with Gasteiger partial charge in [0.05, 0.1) is 17.4 Å². The van der Waals surface area contributed by atoms with Crippen molar-refractivity contribution < 1.29 is 0 Å². The predicted octanol–water partition coefficient (Wildman–Crippen LogP) is 16.4. The summed E-state index contributed by atoms with van der Waals surface area (Å²) in [6, 6.07) is 72.9. The first-order chi connectivity index (χ1) is 34.1. The monoisotopic (exact) mass is 884 g/mol. The van der Waals surface area contributed by atoms with Gasteiger partial charge in [0.2, 0.25) is 0 Å². The van der Waals surface area contributed by atoms with E-state index in [0.29, 0.717) is 12.4 Å². The Kier molecular flexibility index (Phi) is 9.63. The Hall–Kier alpha value is -7.94. The highest BCUT2D eigenvalue weighted by molar-refractivity contribution is 6.10. The Balaban J connectivity index is 1.15. The summed E-state index contributed by atoms with van der Waals surface area (Å²) in [5.41, 5.74) is 25.2. The smallest absolute Gasteiger partial charge is 0.154 e. The molecule has 0 aliphatic heterocycles. The highest BCUT2D eigenvalue weighted by atomic mass is 14.9. The number of nitrogens with zero attached hydrogens (tertiary/aromatic N) is 2. The SMILES string of the molecule is C=NC(=NCc1cccc2ccccc12)c1ccccc1-c1cccc2c1-c1c(ccc(CCC)c1-c1ccccc1C)C21C2=C(C=CCC2)C2(c3ccccc3-c3ccccc32)c2ccccc21. The minimum absolute atomic E-state index is 0.472. The number of fused-ring (bicyclic) bond motifs is 16. The van der Waals surface area contributed by atoms with Crippen LogP contribution in [0.5, 0.6) is 0 Å². The number of rotatable bonds is 7. The van der Waals surface area contributed by atoms with E-state index >= 15 is 0 Å². The van der Waals surface area contributed by atoms with Gasteiger partial charge in [0.25, 0.3) is 0 Å². The molecule has 13 rings (SSSR count). The van der Waals surface area contributed by atoms with Crippen LogP contribution in [-0.4, -0.2) is 12.6 Å². The van der Waals surface area contributed by atoms with Crippen molar-refractivity contribution in [3.05, 3.63) is 273 Å². The minimum Gasteiger partial charge on any atom is -0.261 e. The number of amidine groups is 1. The molecule has 0 saturated heterocycles. The normalized spacial score (nSPS) is 16.8. The van der Waals surface area contributed by atoms with Crippen LogP contribution >= 0.6 is 0 Å². The lowest BCUT2D eigenvalue weighted by Crippen LogP contribution is -2.44.